The number of hydrogen-bond donors (Lipinski definition) is 0. The van der Waals surface area contributed by atoms with Gasteiger partial charge in [-0.25, -0.2) is 0 Å². The first-order valence-electron chi connectivity index (χ1n) is 4.26. The highest BCUT2D eigenvalue weighted by Gasteiger charge is 2.08. The van der Waals surface area contributed by atoms with Crippen molar-refractivity contribution in [3.63, 3.8) is 0 Å². The van der Waals surface area contributed by atoms with Crippen molar-refractivity contribution in [3.8, 4) is 6.07 Å². The summed E-state index contributed by atoms with van der Waals surface area (Å²) in [5.41, 5.74) is 3.43. The van der Waals surface area contributed by atoms with Gasteiger partial charge in [0.25, 0.3) is 0 Å². The number of nitriles is 1. The third-order valence-corrected chi connectivity index (χ3v) is 2.29. The fourth-order valence-corrected chi connectivity index (χ4v) is 1.64. The summed E-state index contributed by atoms with van der Waals surface area (Å²) in [6.45, 7) is 0. The Balaban J connectivity index is 2.44. The lowest BCUT2D eigenvalue weighted by molar-refractivity contribution is 0.775. The van der Waals surface area contributed by atoms with E-state index in [9.17, 15) is 0 Å². The topological polar surface area (TPSA) is 23.8 Å². The van der Waals surface area contributed by atoms with E-state index in [2.05, 4.69) is 12.5 Å². The van der Waals surface area contributed by atoms with Crippen molar-refractivity contribution < 1.29 is 0 Å². The van der Waals surface area contributed by atoms with Gasteiger partial charge in [0.2, 0.25) is 0 Å². The van der Waals surface area contributed by atoms with Crippen LogP contribution in [0.4, 0.5) is 0 Å². The maximum absolute atomic E-state index is 8.68. The maximum atomic E-state index is 8.68. The molecule has 0 unspecified atom stereocenters. The number of benzene rings is 1. The first kappa shape index (κ1) is 7.36. The molecule has 59 valence electrons. The molecule has 1 aliphatic rings. The Morgan fingerprint density at radius 2 is 2.25 bits per heavy atom. The van der Waals surface area contributed by atoms with E-state index < -0.39 is 0 Å². The first-order chi connectivity index (χ1) is 5.90. The molecule has 0 aromatic heterocycles. The molecular weight excluding hydrogens is 146 g/mol. The van der Waals surface area contributed by atoms with Crippen LogP contribution in [0.15, 0.2) is 18.2 Å². The Kier molecular flexibility index (Phi) is 1.83. The zero-order chi connectivity index (χ0) is 8.39. The average Bonchev–Trinajstić information content (AvgIpc) is 2.17. The van der Waals surface area contributed by atoms with Gasteiger partial charge in [-0.05, 0) is 48.9 Å². The Hall–Kier alpha value is -1.29. The van der Waals surface area contributed by atoms with Crippen LogP contribution in [0.2, 0.25) is 0 Å². The van der Waals surface area contributed by atoms with Crippen LogP contribution in [0.25, 0.3) is 0 Å². The molecule has 1 radical (unpaired) electrons. The average molecular weight is 156 g/mol. The molecule has 1 aliphatic carbocycles. The molecule has 0 aliphatic heterocycles. The summed E-state index contributed by atoms with van der Waals surface area (Å²) in [5, 5.41) is 8.68. The molecule has 0 bridgehead atoms. The van der Waals surface area contributed by atoms with Crippen molar-refractivity contribution >= 4 is 0 Å². The number of hydrogen-bond acceptors (Lipinski definition) is 1. The molecule has 1 heteroatoms. The van der Waals surface area contributed by atoms with Crippen LogP contribution in [-0.4, -0.2) is 0 Å². The molecule has 0 atom stereocenters. The van der Waals surface area contributed by atoms with Crippen LogP contribution in [0.1, 0.15) is 29.5 Å². The summed E-state index contributed by atoms with van der Waals surface area (Å²) < 4.78 is 0. The molecule has 0 saturated heterocycles. The lowest BCUT2D eigenvalue weighted by atomic mass is 9.91. The van der Waals surface area contributed by atoms with E-state index in [1.807, 2.05) is 18.2 Å². The highest BCUT2D eigenvalue weighted by atomic mass is 14.2. The summed E-state index contributed by atoms with van der Waals surface area (Å²) in [6, 6.07) is 8.11. The van der Waals surface area contributed by atoms with E-state index in [1.54, 1.807) is 0 Å². The lowest BCUT2D eigenvalue weighted by Crippen LogP contribution is -2.00. The number of fused-ring (bicyclic) bond motifs is 1. The molecule has 0 heterocycles. The van der Waals surface area contributed by atoms with Crippen molar-refractivity contribution in [2.24, 2.45) is 0 Å². The maximum Gasteiger partial charge on any atom is 0.0991 e. The zero-order valence-electron chi connectivity index (χ0n) is 6.88. The molecule has 1 nitrogen and oxygen atoms in total. The number of aryl methyl sites for hydroxylation is 1. The lowest BCUT2D eigenvalue weighted by Gasteiger charge is -2.14. The third-order valence-electron chi connectivity index (χ3n) is 2.29. The van der Waals surface area contributed by atoms with Crippen LogP contribution >= 0.6 is 0 Å². The first-order valence-corrected chi connectivity index (χ1v) is 4.26. The van der Waals surface area contributed by atoms with Crippen LogP contribution in [0, 0.1) is 17.8 Å². The standard InChI is InChI=1S/C11H10N/c12-8-9-5-6-10-3-1-2-4-11(10)7-9/h3,5-7H,1-2,4H2. The highest BCUT2D eigenvalue weighted by molar-refractivity contribution is 5.42. The van der Waals surface area contributed by atoms with Gasteiger partial charge in [0, 0.05) is 0 Å². The molecule has 0 amide bonds. The van der Waals surface area contributed by atoms with Gasteiger partial charge < -0.3 is 0 Å². The van der Waals surface area contributed by atoms with Crippen LogP contribution < -0.4 is 0 Å². The Labute approximate surface area is 72.6 Å². The molecule has 2 rings (SSSR count). The summed E-state index contributed by atoms with van der Waals surface area (Å²) in [5.74, 6) is 0. The Morgan fingerprint density at radius 1 is 1.33 bits per heavy atom. The zero-order valence-corrected chi connectivity index (χ0v) is 6.88. The van der Waals surface area contributed by atoms with E-state index in [0.717, 1.165) is 12.0 Å². The monoisotopic (exact) mass is 156 g/mol. The predicted molar refractivity (Wildman–Crippen MR) is 47.5 cm³/mol. The van der Waals surface area contributed by atoms with E-state index in [0.29, 0.717) is 0 Å². The van der Waals surface area contributed by atoms with Gasteiger partial charge in [-0.1, -0.05) is 6.07 Å². The van der Waals surface area contributed by atoms with E-state index in [-0.39, 0.29) is 0 Å². The van der Waals surface area contributed by atoms with Gasteiger partial charge in [-0.3, -0.25) is 0 Å². The molecule has 0 fully saturated rings. The van der Waals surface area contributed by atoms with Crippen LogP contribution in [0.5, 0.6) is 0 Å². The molecule has 1 aromatic rings. The van der Waals surface area contributed by atoms with E-state index in [4.69, 9.17) is 5.26 Å². The fourth-order valence-electron chi connectivity index (χ4n) is 1.64. The van der Waals surface area contributed by atoms with Gasteiger partial charge in [0.1, 0.15) is 0 Å². The summed E-state index contributed by atoms with van der Waals surface area (Å²) in [7, 11) is 0. The second-order valence-corrected chi connectivity index (χ2v) is 3.12. The van der Waals surface area contributed by atoms with Crippen molar-refractivity contribution in [1.82, 2.24) is 0 Å². The van der Waals surface area contributed by atoms with Crippen molar-refractivity contribution in [2.75, 3.05) is 0 Å². The highest BCUT2D eigenvalue weighted by Crippen LogP contribution is 2.23. The van der Waals surface area contributed by atoms with Gasteiger partial charge in [-0.15, -0.1) is 0 Å². The number of rotatable bonds is 0. The molecule has 0 spiro atoms. The summed E-state index contributed by atoms with van der Waals surface area (Å²) in [6.07, 6.45) is 5.78. The largest absolute Gasteiger partial charge is 0.192 e. The fraction of sp³-hybridized carbons (Fsp3) is 0.273. The smallest absolute Gasteiger partial charge is 0.0991 e. The van der Waals surface area contributed by atoms with Crippen molar-refractivity contribution in [1.29, 1.82) is 5.26 Å². The van der Waals surface area contributed by atoms with Gasteiger partial charge in [0.05, 0.1) is 11.6 Å². The van der Waals surface area contributed by atoms with Gasteiger partial charge >= 0.3 is 0 Å². The Morgan fingerprint density at radius 3 is 3.08 bits per heavy atom. The third kappa shape index (κ3) is 1.21. The quantitative estimate of drug-likeness (QED) is 0.566. The minimum atomic E-state index is 0.782. The normalized spacial score (nSPS) is 14.9. The van der Waals surface area contributed by atoms with Crippen LogP contribution in [-0.2, 0) is 6.42 Å². The Bertz CT molecular complexity index is 333. The predicted octanol–water partition coefficient (Wildman–Crippen LogP) is 2.45. The van der Waals surface area contributed by atoms with Crippen molar-refractivity contribution in [2.45, 2.75) is 19.3 Å². The number of nitrogens with zero attached hydrogens (tertiary/aromatic N) is 1. The van der Waals surface area contributed by atoms with E-state index in [1.165, 1.54) is 24.0 Å². The molecular formula is C11H10N. The van der Waals surface area contributed by atoms with Crippen molar-refractivity contribution in [3.05, 3.63) is 41.3 Å². The minimum Gasteiger partial charge on any atom is -0.192 e. The summed E-state index contributed by atoms with van der Waals surface area (Å²) in [4.78, 5) is 0. The molecule has 1 aromatic carbocycles. The van der Waals surface area contributed by atoms with Gasteiger partial charge in [-0.2, -0.15) is 5.26 Å². The second kappa shape index (κ2) is 2.98. The minimum absolute atomic E-state index is 0.782. The summed E-state index contributed by atoms with van der Waals surface area (Å²) >= 11 is 0. The SMILES string of the molecule is N#Cc1ccc2c(c1)CCC[CH]2. The van der Waals surface area contributed by atoms with Gasteiger partial charge in [0.15, 0.2) is 0 Å². The molecule has 0 saturated carbocycles. The molecule has 0 N–H and O–H groups in total. The molecule has 12 heavy (non-hydrogen) atoms. The van der Waals surface area contributed by atoms with Crippen LogP contribution in [0.3, 0.4) is 0 Å². The van der Waals surface area contributed by atoms with E-state index >= 15 is 0 Å². The second-order valence-electron chi connectivity index (χ2n) is 3.12.